The first-order valence-corrected chi connectivity index (χ1v) is 6.84. The Morgan fingerprint density at radius 2 is 2.11 bits per heavy atom. The Morgan fingerprint density at radius 3 is 2.95 bits per heavy atom. The summed E-state index contributed by atoms with van der Waals surface area (Å²) in [7, 11) is 0. The number of hydrogen-bond acceptors (Lipinski definition) is 2. The zero-order valence-corrected chi connectivity index (χ0v) is 11.7. The lowest BCUT2D eigenvalue weighted by Crippen LogP contribution is -2.22. The van der Waals surface area contributed by atoms with Crippen LogP contribution in [0.25, 0.3) is 0 Å². The minimum Gasteiger partial charge on any atom is -0.487 e. The highest BCUT2D eigenvalue weighted by Crippen LogP contribution is 2.29. The Labute approximate surface area is 119 Å². The van der Waals surface area contributed by atoms with Gasteiger partial charge in [-0.15, -0.1) is 0 Å². The van der Waals surface area contributed by atoms with Crippen LogP contribution in [0.3, 0.4) is 0 Å². The van der Waals surface area contributed by atoms with Crippen LogP contribution in [0.2, 0.25) is 0 Å². The highest BCUT2D eigenvalue weighted by Gasteiger charge is 2.23. The predicted octanol–water partition coefficient (Wildman–Crippen LogP) is 3.97. The number of ether oxygens (including phenoxy) is 2. The van der Waals surface area contributed by atoms with Gasteiger partial charge in [0, 0.05) is 10.9 Å². The average Bonchev–Trinajstić information content (AvgIpc) is 2.82. The Kier molecular flexibility index (Phi) is 3.42. The van der Waals surface area contributed by atoms with E-state index in [2.05, 4.69) is 15.9 Å². The lowest BCUT2D eigenvalue weighted by atomic mass is 10.1. The van der Waals surface area contributed by atoms with Crippen molar-refractivity contribution in [3.63, 3.8) is 0 Å². The van der Waals surface area contributed by atoms with Gasteiger partial charge in [-0.1, -0.05) is 34.1 Å². The Balaban J connectivity index is 1.64. The van der Waals surface area contributed by atoms with E-state index in [4.69, 9.17) is 9.47 Å². The summed E-state index contributed by atoms with van der Waals surface area (Å²) in [6, 6.07) is 12.5. The van der Waals surface area contributed by atoms with Gasteiger partial charge in [-0.25, -0.2) is 4.39 Å². The van der Waals surface area contributed by atoms with E-state index < -0.39 is 0 Å². The Hall–Kier alpha value is -1.55. The third-order valence-electron chi connectivity index (χ3n) is 3.03. The van der Waals surface area contributed by atoms with E-state index in [0.717, 1.165) is 16.6 Å². The number of halogens is 2. The SMILES string of the molecule is Fc1ccc(Br)cc1OCC1Cc2ccccc2O1. The molecule has 1 aliphatic rings. The monoisotopic (exact) mass is 322 g/mol. The molecule has 3 rings (SSSR count). The van der Waals surface area contributed by atoms with Crippen molar-refractivity contribution in [1.29, 1.82) is 0 Å². The van der Waals surface area contributed by atoms with Crippen molar-refractivity contribution in [2.45, 2.75) is 12.5 Å². The molecule has 1 heterocycles. The van der Waals surface area contributed by atoms with E-state index in [1.54, 1.807) is 12.1 Å². The van der Waals surface area contributed by atoms with E-state index >= 15 is 0 Å². The molecular weight excluding hydrogens is 311 g/mol. The normalized spacial score (nSPS) is 16.8. The van der Waals surface area contributed by atoms with Crippen LogP contribution in [0.4, 0.5) is 4.39 Å². The smallest absolute Gasteiger partial charge is 0.165 e. The van der Waals surface area contributed by atoms with Gasteiger partial charge in [-0.2, -0.15) is 0 Å². The van der Waals surface area contributed by atoms with Gasteiger partial charge >= 0.3 is 0 Å². The molecule has 0 fully saturated rings. The summed E-state index contributed by atoms with van der Waals surface area (Å²) in [6.07, 6.45) is 0.738. The lowest BCUT2D eigenvalue weighted by molar-refractivity contribution is 0.145. The fourth-order valence-electron chi connectivity index (χ4n) is 2.12. The van der Waals surface area contributed by atoms with Crippen LogP contribution in [-0.2, 0) is 6.42 Å². The van der Waals surface area contributed by atoms with Gasteiger partial charge in [0.1, 0.15) is 18.5 Å². The molecular formula is C15H12BrFO2. The molecule has 0 N–H and O–H groups in total. The molecule has 0 spiro atoms. The summed E-state index contributed by atoms with van der Waals surface area (Å²) >= 11 is 3.30. The second-order valence-electron chi connectivity index (χ2n) is 4.44. The Bertz CT molecular complexity index is 575. The molecule has 0 aliphatic carbocycles. The molecule has 4 heteroatoms. The van der Waals surface area contributed by atoms with Crippen LogP contribution < -0.4 is 9.47 Å². The first-order valence-electron chi connectivity index (χ1n) is 6.05. The maximum absolute atomic E-state index is 13.5. The maximum Gasteiger partial charge on any atom is 0.165 e. The van der Waals surface area contributed by atoms with Gasteiger partial charge in [0.05, 0.1) is 0 Å². The van der Waals surface area contributed by atoms with Gasteiger partial charge in [0.15, 0.2) is 11.6 Å². The summed E-state index contributed by atoms with van der Waals surface area (Å²) < 4.78 is 25.6. The average molecular weight is 323 g/mol. The van der Waals surface area contributed by atoms with E-state index in [1.165, 1.54) is 11.6 Å². The Morgan fingerprint density at radius 1 is 1.26 bits per heavy atom. The largest absolute Gasteiger partial charge is 0.487 e. The first-order chi connectivity index (χ1) is 9.22. The summed E-state index contributed by atoms with van der Waals surface area (Å²) in [5.74, 6) is 0.776. The van der Waals surface area contributed by atoms with Crippen molar-refractivity contribution in [2.75, 3.05) is 6.61 Å². The number of benzene rings is 2. The van der Waals surface area contributed by atoms with Crippen LogP contribution >= 0.6 is 15.9 Å². The first kappa shape index (κ1) is 12.5. The molecule has 1 atom stereocenters. The van der Waals surface area contributed by atoms with Crippen LogP contribution in [-0.4, -0.2) is 12.7 Å². The fraction of sp³-hybridized carbons (Fsp3) is 0.200. The molecule has 0 saturated heterocycles. The van der Waals surface area contributed by atoms with E-state index in [1.807, 2.05) is 24.3 Å². The fourth-order valence-corrected chi connectivity index (χ4v) is 2.46. The molecule has 0 saturated carbocycles. The topological polar surface area (TPSA) is 18.5 Å². The summed E-state index contributed by atoms with van der Waals surface area (Å²) in [4.78, 5) is 0. The van der Waals surface area contributed by atoms with Crippen LogP contribution in [0.5, 0.6) is 11.5 Å². The molecule has 1 unspecified atom stereocenters. The molecule has 0 bridgehead atoms. The van der Waals surface area contributed by atoms with Crippen LogP contribution in [0.15, 0.2) is 46.9 Å². The molecule has 1 aliphatic heterocycles. The zero-order chi connectivity index (χ0) is 13.2. The van der Waals surface area contributed by atoms with Gasteiger partial charge in [0.2, 0.25) is 0 Å². The van der Waals surface area contributed by atoms with Crippen LogP contribution in [0.1, 0.15) is 5.56 Å². The third-order valence-corrected chi connectivity index (χ3v) is 3.53. The molecule has 98 valence electrons. The van der Waals surface area contributed by atoms with Crippen LogP contribution in [0, 0.1) is 5.82 Å². The molecule has 0 amide bonds. The van der Waals surface area contributed by atoms with Gasteiger partial charge in [-0.3, -0.25) is 0 Å². The number of fused-ring (bicyclic) bond motifs is 1. The maximum atomic E-state index is 13.5. The third kappa shape index (κ3) is 2.73. The molecule has 2 aromatic carbocycles. The lowest BCUT2D eigenvalue weighted by Gasteiger charge is -2.13. The molecule has 19 heavy (non-hydrogen) atoms. The minimum atomic E-state index is -0.362. The van der Waals surface area contributed by atoms with Gasteiger partial charge in [0.25, 0.3) is 0 Å². The van der Waals surface area contributed by atoms with Crippen molar-refractivity contribution in [3.05, 3.63) is 58.3 Å². The minimum absolute atomic E-state index is 0.0595. The molecule has 2 aromatic rings. The second-order valence-corrected chi connectivity index (χ2v) is 5.35. The molecule has 2 nitrogen and oxygen atoms in total. The second kappa shape index (κ2) is 5.21. The zero-order valence-electron chi connectivity index (χ0n) is 10.1. The van der Waals surface area contributed by atoms with Crippen molar-refractivity contribution in [1.82, 2.24) is 0 Å². The quantitative estimate of drug-likeness (QED) is 0.851. The van der Waals surface area contributed by atoms with Crippen molar-refractivity contribution in [2.24, 2.45) is 0 Å². The molecule has 0 radical (unpaired) electrons. The van der Waals surface area contributed by atoms with Gasteiger partial charge < -0.3 is 9.47 Å². The number of rotatable bonds is 3. The van der Waals surface area contributed by atoms with Crippen molar-refractivity contribution in [3.8, 4) is 11.5 Å². The predicted molar refractivity (Wildman–Crippen MR) is 74.2 cm³/mol. The van der Waals surface area contributed by atoms with Crippen molar-refractivity contribution >= 4 is 15.9 Å². The van der Waals surface area contributed by atoms with E-state index in [0.29, 0.717) is 6.61 Å². The number of hydrogen-bond donors (Lipinski definition) is 0. The summed E-state index contributed by atoms with van der Waals surface area (Å²) in [5.41, 5.74) is 1.17. The van der Waals surface area contributed by atoms with E-state index in [-0.39, 0.29) is 17.7 Å². The van der Waals surface area contributed by atoms with E-state index in [9.17, 15) is 4.39 Å². The number of para-hydroxylation sites is 1. The summed E-state index contributed by atoms with van der Waals surface area (Å²) in [6.45, 7) is 0.335. The standard InChI is InChI=1S/C15H12BrFO2/c16-11-5-6-13(17)15(8-11)18-9-12-7-10-3-1-2-4-14(10)19-12/h1-6,8,12H,7,9H2. The van der Waals surface area contributed by atoms with Crippen molar-refractivity contribution < 1.29 is 13.9 Å². The molecule has 0 aromatic heterocycles. The summed E-state index contributed by atoms with van der Waals surface area (Å²) in [5, 5.41) is 0. The van der Waals surface area contributed by atoms with Gasteiger partial charge in [-0.05, 0) is 29.8 Å². The highest BCUT2D eigenvalue weighted by molar-refractivity contribution is 9.10. The highest BCUT2D eigenvalue weighted by atomic mass is 79.9.